The van der Waals surface area contributed by atoms with Crippen molar-refractivity contribution in [3.63, 3.8) is 0 Å². The lowest BCUT2D eigenvalue weighted by Gasteiger charge is -2.31. The van der Waals surface area contributed by atoms with Crippen LogP contribution in [0.25, 0.3) is 5.69 Å². The molecular formula is C23H27N5O. The number of benzene rings is 1. The van der Waals surface area contributed by atoms with Crippen LogP contribution < -0.4 is 5.32 Å². The number of amides is 1. The summed E-state index contributed by atoms with van der Waals surface area (Å²) in [5.74, 6) is 0.134. The van der Waals surface area contributed by atoms with Gasteiger partial charge in [-0.15, -0.1) is 0 Å². The highest BCUT2D eigenvalue weighted by Crippen LogP contribution is 2.18. The molecule has 3 aromatic rings. The van der Waals surface area contributed by atoms with Crippen molar-refractivity contribution < 1.29 is 4.79 Å². The Hall–Kier alpha value is -2.99. The minimum atomic E-state index is 0.134. The van der Waals surface area contributed by atoms with Gasteiger partial charge in [0.2, 0.25) is 5.91 Å². The molecule has 4 rings (SSSR count). The Morgan fingerprint density at radius 1 is 1.10 bits per heavy atom. The monoisotopic (exact) mass is 389 g/mol. The molecule has 1 unspecified atom stereocenters. The predicted octanol–water partition coefficient (Wildman–Crippen LogP) is 2.98. The van der Waals surface area contributed by atoms with Crippen molar-refractivity contribution >= 4 is 5.91 Å². The number of rotatable bonds is 6. The van der Waals surface area contributed by atoms with E-state index in [-0.39, 0.29) is 11.9 Å². The van der Waals surface area contributed by atoms with E-state index >= 15 is 0 Å². The third kappa shape index (κ3) is 5.09. The number of aromatic nitrogens is 3. The molecule has 1 saturated heterocycles. The number of nitrogens with one attached hydrogen (secondary N) is 1. The van der Waals surface area contributed by atoms with Crippen LogP contribution in [-0.2, 0) is 17.8 Å². The highest BCUT2D eigenvalue weighted by molar-refractivity contribution is 5.79. The summed E-state index contributed by atoms with van der Waals surface area (Å²) in [6, 6.07) is 16.1. The summed E-state index contributed by atoms with van der Waals surface area (Å²) in [5, 5.41) is 7.87. The van der Waals surface area contributed by atoms with Crippen LogP contribution >= 0.6 is 0 Å². The van der Waals surface area contributed by atoms with Gasteiger partial charge in [0.1, 0.15) is 0 Å². The van der Waals surface area contributed by atoms with Gasteiger partial charge < -0.3 is 10.2 Å². The van der Waals surface area contributed by atoms with E-state index in [1.807, 2.05) is 64.3 Å². The minimum absolute atomic E-state index is 0.134. The van der Waals surface area contributed by atoms with Gasteiger partial charge >= 0.3 is 0 Å². The zero-order valence-corrected chi connectivity index (χ0v) is 16.6. The first-order valence-electron chi connectivity index (χ1n) is 10.3. The zero-order valence-electron chi connectivity index (χ0n) is 16.6. The molecule has 0 bridgehead atoms. The van der Waals surface area contributed by atoms with E-state index in [9.17, 15) is 4.79 Å². The van der Waals surface area contributed by atoms with E-state index in [4.69, 9.17) is 0 Å². The van der Waals surface area contributed by atoms with E-state index in [0.717, 1.165) is 49.3 Å². The van der Waals surface area contributed by atoms with E-state index in [1.165, 1.54) is 0 Å². The lowest BCUT2D eigenvalue weighted by atomic mass is 10.1. The van der Waals surface area contributed by atoms with Crippen LogP contribution in [0.5, 0.6) is 0 Å². The fourth-order valence-corrected chi connectivity index (χ4v) is 3.85. The molecule has 1 aliphatic rings. The second-order valence-electron chi connectivity index (χ2n) is 7.48. The van der Waals surface area contributed by atoms with Gasteiger partial charge in [0.25, 0.3) is 0 Å². The molecule has 0 saturated carbocycles. The molecule has 0 aliphatic carbocycles. The standard InChI is InChI=1S/C23H27N5O/c29-23(15-19-16-26-28(17-19)22-8-2-1-3-9-22)27(18-20-7-4-5-13-25-20)21-10-6-12-24-14-11-21/h1-5,7-9,13,16-17,21,24H,6,10-12,14-15,18H2. The summed E-state index contributed by atoms with van der Waals surface area (Å²) >= 11 is 0. The van der Waals surface area contributed by atoms with Crippen molar-refractivity contribution in [2.24, 2.45) is 0 Å². The van der Waals surface area contributed by atoms with E-state index in [2.05, 4.69) is 15.4 Å². The SMILES string of the molecule is O=C(Cc1cnn(-c2ccccc2)c1)N(Cc1ccccn1)C1CCCNCC1. The quantitative estimate of drug-likeness (QED) is 0.704. The highest BCUT2D eigenvalue weighted by atomic mass is 16.2. The zero-order chi connectivity index (χ0) is 19.9. The van der Waals surface area contributed by atoms with Crippen molar-refractivity contribution in [1.82, 2.24) is 25.0 Å². The molecule has 150 valence electrons. The number of carbonyl (C=O) groups is 1. The lowest BCUT2D eigenvalue weighted by molar-refractivity contribution is -0.133. The highest BCUT2D eigenvalue weighted by Gasteiger charge is 2.25. The third-order valence-electron chi connectivity index (χ3n) is 5.38. The molecule has 6 nitrogen and oxygen atoms in total. The Morgan fingerprint density at radius 3 is 2.79 bits per heavy atom. The maximum absolute atomic E-state index is 13.3. The van der Waals surface area contributed by atoms with Crippen molar-refractivity contribution in [2.45, 2.75) is 38.3 Å². The maximum atomic E-state index is 13.3. The van der Waals surface area contributed by atoms with Crippen LogP contribution in [-0.4, -0.2) is 44.7 Å². The van der Waals surface area contributed by atoms with Crippen molar-refractivity contribution in [3.05, 3.63) is 78.4 Å². The van der Waals surface area contributed by atoms with Gasteiger partial charge in [-0.1, -0.05) is 24.3 Å². The van der Waals surface area contributed by atoms with Gasteiger partial charge in [-0.25, -0.2) is 4.68 Å². The average molecular weight is 390 g/mol. The van der Waals surface area contributed by atoms with Crippen LogP contribution in [0, 0.1) is 0 Å². The van der Waals surface area contributed by atoms with Crippen LogP contribution in [0.1, 0.15) is 30.5 Å². The summed E-state index contributed by atoms with van der Waals surface area (Å²) in [4.78, 5) is 19.8. The van der Waals surface area contributed by atoms with Gasteiger partial charge in [0, 0.05) is 18.4 Å². The Kier molecular flexibility index (Phi) is 6.32. The molecule has 1 fully saturated rings. The summed E-state index contributed by atoms with van der Waals surface area (Å²) in [6.07, 6.45) is 8.96. The average Bonchev–Trinajstić information content (AvgIpc) is 3.06. The van der Waals surface area contributed by atoms with E-state index < -0.39 is 0 Å². The van der Waals surface area contributed by atoms with Crippen LogP contribution in [0.2, 0.25) is 0 Å². The second-order valence-corrected chi connectivity index (χ2v) is 7.48. The van der Waals surface area contributed by atoms with Crippen LogP contribution in [0.4, 0.5) is 0 Å². The molecule has 1 N–H and O–H groups in total. The fourth-order valence-electron chi connectivity index (χ4n) is 3.85. The van der Waals surface area contributed by atoms with Crippen molar-refractivity contribution in [1.29, 1.82) is 0 Å². The van der Waals surface area contributed by atoms with E-state index in [1.54, 1.807) is 12.4 Å². The first kappa shape index (κ1) is 19.3. The van der Waals surface area contributed by atoms with Gasteiger partial charge in [-0.2, -0.15) is 5.10 Å². The Labute approximate surface area is 171 Å². The number of nitrogens with zero attached hydrogens (tertiary/aromatic N) is 4. The number of hydrogen-bond donors (Lipinski definition) is 1. The van der Waals surface area contributed by atoms with Gasteiger partial charge in [0.05, 0.1) is 30.5 Å². The summed E-state index contributed by atoms with van der Waals surface area (Å²) in [5.41, 5.74) is 2.85. The maximum Gasteiger partial charge on any atom is 0.227 e. The molecule has 0 spiro atoms. The summed E-state index contributed by atoms with van der Waals surface area (Å²) < 4.78 is 1.82. The van der Waals surface area contributed by atoms with Gasteiger partial charge in [-0.05, 0) is 62.2 Å². The van der Waals surface area contributed by atoms with Crippen LogP contribution in [0.15, 0.2) is 67.1 Å². The Morgan fingerprint density at radius 2 is 1.97 bits per heavy atom. The summed E-state index contributed by atoms with van der Waals surface area (Å²) in [6.45, 7) is 2.52. The molecule has 0 radical (unpaired) electrons. The Bertz CT molecular complexity index is 901. The molecule has 1 aromatic carbocycles. The van der Waals surface area contributed by atoms with Gasteiger partial charge in [-0.3, -0.25) is 9.78 Å². The molecule has 1 amide bonds. The molecular weight excluding hydrogens is 362 g/mol. The fraction of sp³-hybridized carbons (Fsp3) is 0.348. The second kappa shape index (κ2) is 9.47. The Balaban J connectivity index is 1.50. The number of carbonyl (C=O) groups excluding carboxylic acids is 1. The first-order chi connectivity index (χ1) is 14.3. The van der Waals surface area contributed by atoms with Gasteiger partial charge in [0.15, 0.2) is 0 Å². The molecule has 6 heteroatoms. The lowest BCUT2D eigenvalue weighted by Crippen LogP contribution is -2.41. The minimum Gasteiger partial charge on any atom is -0.333 e. The van der Waals surface area contributed by atoms with E-state index in [0.29, 0.717) is 13.0 Å². The number of hydrogen-bond acceptors (Lipinski definition) is 4. The molecule has 1 atom stereocenters. The first-order valence-corrected chi connectivity index (χ1v) is 10.3. The molecule has 2 aromatic heterocycles. The molecule has 29 heavy (non-hydrogen) atoms. The van der Waals surface area contributed by atoms with Crippen molar-refractivity contribution in [2.75, 3.05) is 13.1 Å². The topological polar surface area (TPSA) is 63.1 Å². The molecule has 3 heterocycles. The smallest absolute Gasteiger partial charge is 0.227 e. The largest absolute Gasteiger partial charge is 0.333 e. The third-order valence-corrected chi connectivity index (χ3v) is 5.38. The van der Waals surface area contributed by atoms with Crippen molar-refractivity contribution in [3.8, 4) is 5.69 Å². The molecule has 1 aliphatic heterocycles. The number of para-hydroxylation sites is 1. The normalized spacial score (nSPS) is 16.9. The summed E-state index contributed by atoms with van der Waals surface area (Å²) in [7, 11) is 0. The predicted molar refractivity (Wildman–Crippen MR) is 113 cm³/mol. The van der Waals surface area contributed by atoms with Crippen LogP contribution in [0.3, 0.4) is 0 Å². The number of pyridine rings is 1.